The molecule has 2 rings (SSSR count). The van der Waals surface area contributed by atoms with Crippen molar-refractivity contribution in [2.75, 3.05) is 13.7 Å². The summed E-state index contributed by atoms with van der Waals surface area (Å²) >= 11 is 2.59. The Morgan fingerprint density at radius 1 is 1.33 bits per heavy atom. The Balaban J connectivity index is 2.26. The lowest BCUT2D eigenvalue weighted by Gasteiger charge is -2.19. The van der Waals surface area contributed by atoms with Crippen molar-refractivity contribution >= 4 is 45.1 Å². The molecule has 0 radical (unpaired) electrons. The number of hydrogen-bond acceptors (Lipinski definition) is 6. The summed E-state index contributed by atoms with van der Waals surface area (Å²) in [7, 11) is 1.44. The summed E-state index contributed by atoms with van der Waals surface area (Å²) in [5.41, 5.74) is 11.6. The van der Waals surface area contributed by atoms with Crippen LogP contribution in [0.4, 0.5) is 0 Å². The molecule has 6 nitrogen and oxygen atoms in total. The van der Waals surface area contributed by atoms with Crippen molar-refractivity contribution < 1.29 is 14.3 Å². The van der Waals surface area contributed by atoms with Crippen LogP contribution in [0.3, 0.4) is 0 Å². The molecule has 0 bridgehead atoms. The minimum atomic E-state index is -0.803. The number of carbonyl (C=O) groups is 2. The number of aromatic nitrogens is 1. The standard InChI is InChI=1S/C13H15N3O3S2/c1-19-6-7(11(14)17)10(12(15)18)21-13-16-8-4-2-3-5-9(8)20-13/h2-5,7,10H,6H2,1H3,(H2,14,17)(H2,15,18). The summed E-state index contributed by atoms with van der Waals surface area (Å²) in [6.45, 7) is 0.0425. The molecular weight excluding hydrogens is 310 g/mol. The van der Waals surface area contributed by atoms with Gasteiger partial charge < -0.3 is 16.2 Å². The molecule has 112 valence electrons. The molecule has 2 atom stereocenters. The summed E-state index contributed by atoms with van der Waals surface area (Å²) in [6.07, 6.45) is 0. The molecule has 2 amide bonds. The number of methoxy groups -OCH3 is 1. The van der Waals surface area contributed by atoms with Crippen LogP contribution in [0, 0.1) is 5.92 Å². The van der Waals surface area contributed by atoms with Gasteiger partial charge in [-0.25, -0.2) is 4.98 Å². The molecule has 8 heteroatoms. The molecule has 0 saturated heterocycles. The van der Waals surface area contributed by atoms with Crippen LogP contribution in [0.25, 0.3) is 10.2 Å². The van der Waals surface area contributed by atoms with Crippen LogP contribution in [0.2, 0.25) is 0 Å². The average Bonchev–Trinajstić information content (AvgIpc) is 2.84. The fraction of sp³-hybridized carbons (Fsp3) is 0.308. The second-order valence-corrected chi connectivity index (χ2v) is 6.77. The number of primary amides is 2. The number of nitrogens with zero attached hydrogens (tertiary/aromatic N) is 1. The lowest BCUT2D eigenvalue weighted by Crippen LogP contribution is -2.42. The zero-order chi connectivity index (χ0) is 15.4. The minimum Gasteiger partial charge on any atom is -0.384 e. The van der Waals surface area contributed by atoms with Crippen molar-refractivity contribution in [3.63, 3.8) is 0 Å². The molecule has 1 aromatic carbocycles. The Hall–Kier alpha value is -1.64. The number of ether oxygens (including phenoxy) is 1. The quantitative estimate of drug-likeness (QED) is 0.738. The lowest BCUT2D eigenvalue weighted by atomic mass is 10.1. The highest BCUT2D eigenvalue weighted by Crippen LogP contribution is 2.34. The largest absolute Gasteiger partial charge is 0.384 e. The molecule has 0 spiro atoms. The van der Waals surface area contributed by atoms with Gasteiger partial charge in [0.2, 0.25) is 11.8 Å². The second-order valence-electron chi connectivity index (χ2n) is 4.35. The molecule has 1 aromatic heterocycles. The first-order valence-electron chi connectivity index (χ1n) is 6.12. The molecule has 2 aromatic rings. The number of hydrogen-bond donors (Lipinski definition) is 2. The van der Waals surface area contributed by atoms with Crippen molar-refractivity contribution in [3.8, 4) is 0 Å². The van der Waals surface area contributed by atoms with Gasteiger partial charge in [0.25, 0.3) is 0 Å². The minimum absolute atomic E-state index is 0.0425. The van der Waals surface area contributed by atoms with Gasteiger partial charge in [-0.15, -0.1) is 11.3 Å². The van der Waals surface area contributed by atoms with E-state index in [0.717, 1.165) is 22.0 Å². The maximum absolute atomic E-state index is 11.7. The number of thiazole rings is 1. The molecule has 0 aliphatic rings. The van der Waals surface area contributed by atoms with Crippen LogP contribution in [-0.4, -0.2) is 35.8 Å². The third-order valence-electron chi connectivity index (χ3n) is 2.86. The first-order chi connectivity index (χ1) is 10.0. The van der Waals surface area contributed by atoms with Gasteiger partial charge in [-0.3, -0.25) is 9.59 Å². The topological polar surface area (TPSA) is 108 Å². The highest BCUT2D eigenvalue weighted by Gasteiger charge is 2.33. The Morgan fingerprint density at radius 2 is 2.05 bits per heavy atom. The Morgan fingerprint density at radius 3 is 2.62 bits per heavy atom. The van der Waals surface area contributed by atoms with Crippen molar-refractivity contribution in [1.82, 2.24) is 4.98 Å². The van der Waals surface area contributed by atoms with Crippen LogP contribution in [0.1, 0.15) is 0 Å². The van der Waals surface area contributed by atoms with E-state index in [2.05, 4.69) is 4.98 Å². The number of benzene rings is 1. The van der Waals surface area contributed by atoms with Crippen LogP contribution in [0.15, 0.2) is 28.6 Å². The smallest absolute Gasteiger partial charge is 0.231 e. The monoisotopic (exact) mass is 325 g/mol. The van der Waals surface area contributed by atoms with Crippen LogP contribution in [0.5, 0.6) is 0 Å². The fourth-order valence-electron chi connectivity index (χ4n) is 1.85. The summed E-state index contributed by atoms with van der Waals surface area (Å²) in [5.74, 6) is -2.01. The zero-order valence-corrected chi connectivity index (χ0v) is 12.9. The van der Waals surface area contributed by atoms with Gasteiger partial charge in [0, 0.05) is 7.11 Å². The molecular formula is C13H15N3O3S2. The van der Waals surface area contributed by atoms with Crippen molar-refractivity contribution in [2.24, 2.45) is 17.4 Å². The molecule has 0 fully saturated rings. The predicted octanol–water partition coefficient (Wildman–Crippen LogP) is 0.990. The number of thioether (sulfide) groups is 1. The van der Waals surface area contributed by atoms with Gasteiger partial charge in [-0.1, -0.05) is 23.9 Å². The fourth-order valence-corrected chi connectivity index (χ4v) is 4.18. The summed E-state index contributed by atoms with van der Waals surface area (Å²) < 4.78 is 6.63. The highest BCUT2D eigenvalue weighted by atomic mass is 32.2. The Labute approximate surface area is 129 Å². The predicted molar refractivity (Wildman–Crippen MR) is 83.0 cm³/mol. The van der Waals surface area contributed by atoms with E-state index >= 15 is 0 Å². The van der Waals surface area contributed by atoms with Crippen molar-refractivity contribution in [3.05, 3.63) is 24.3 Å². The van der Waals surface area contributed by atoms with Gasteiger partial charge in [-0.05, 0) is 12.1 Å². The molecule has 0 aliphatic carbocycles. The van der Waals surface area contributed by atoms with Crippen molar-refractivity contribution in [1.29, 1.82) is 0 Å². The number of nitrogens with two attached hydrogens (primary N) is 2. The van der Waals surface area contributed by atoms with Crippen LogP contribution < -0.4 is 11.5 Å². The normalized spacial score (nSPS) is 14.0. The number of carbonyl (C=O) groups excluding carboxylic acids is 2. The van der Waals surface area contributed by atoms with E-state index in [1.165, 1.54) is 18.4 Å². The average molecular weight is 325 g/mol. The van der Waals surface area contributed by atoms with E-state index in [0.29, 0.717) is 4.34 Å². The first-order valence-corrected chi connectivity index (χ1v) is 7.82. The Bertz CT molecular complexity index is 626. The molecule has 0 saturated carbocycles. The number of rotatable bonds is 7. The van der Waals surface area contributed by atoms with E-state index in [1.54, 1.807) is 0 Å². The van der Waals surface area contributed by atoms with Gasteiger partial charge in [0.05, 0.1) is 22.7 Å². The number of para-hydroxylation sites is 1. The van der Waals surface area contributed by atoms with E-state index in [4.69, 9.17) is 16.2 Å². The van der Waals surface area contributed by atoms with Gasteiger partial charge in [-0.2, -0.15) is 0 Å². The van der Waals surface area contributed by atoms with Crippen LogP contribution >= 0.6 is 23.1 Å². The van der Waals surface area contributed by atoms with Crippen LogP contribution in [-0.2, 0) is 14.3 Å². The van der Waals surface area contributed by atoms with Gasteiger partial charge >= 0.3 is 0 Å². The summed E-state index contributed by atoms with van der Waals surface area (Å²) in [5, 5.41) is -0.803. The van der Waals surface area contributed by atoms with Gasteiger partial charge in [0.15, 0.2) is 4.34 Å². The summed E-state index contributed by atoms with van der Waals surface area (Å²) in [6, 6.07) is 7.63. The SMILES string of the molecule is COCC(C(N)=O)C(Sc1nc2ccccc2s1)C(N)=O. The highest BCUT2D eigenvalue weighted by molar-refractivity contribution is 8.02. The maximum Gasteiger partial charge on any atom is 0.231 e. The maximum atomic E-state index is 11.7. The number of amides is 2. The molecule has 21 heavy (non-hydrogen) atoms. The first kappa shape index (κ1) is 15.7. The Kier molecular flexibility index (Phi) is 5.16. The van der Waals surface area contributed by atoms with Gasteiger partial charge in [0.1, 0.15) is 5.25 Å². The van der Waals surface area contributed by atoms with E-state index in [9.17, 15) is 9.59 Å². The molecule has 2 unspecified atom stereocenters. The summed E-state index contributed by atoms with van der Waals surface area (Å²) in [4.78, 5) is 27.6. The third kappa shape index (κ3) is 3.72. The third-order valence-corrected chi connectivity index (χ3v) is 5.34. The van der Waals surface area contributed by atoms with E-state index in [-0.39, 0.29) is 6.61 Å². The van der Waals surface area contributed by atoms with E-state index in [1.807, 2.05) is 24.3 Å². The molecule has 0 aliphatic heterocycles. The zero-order valence-electron chi connectivity index (χ0n) is 11.3. The van der Waals surface area contributed by atoms with Crippen molar-refractivity contribution in [2.45, 2.75) is 9.59 Å². The molecule has 4 N–H and O–H groups in total. The molecule has 1 heterocycles. The second kappa shape index (κ2) is 6.88. The number of fused-ring (bicyclic) bond motifs is 1. The lowest BCUT2D eigenvalue weighted by molar-refractivity contribution is -0.128. The van der Waals surface area contributed by atoms with E-state index < -0.39 is 23.0 Å².